The molecule has 5 heteroatoms. The zero-order valence-electron chi connectivity index (χ0n) is 8.64. The fourth-order valence-electron chi connectivity index (χ4n) is 1.31. The third-order valence-electron chi connectivity index (χ3n) is 2.09. The van der Waals surface area contributed by atoms with Gasteiger partial charge in [-0.3, -0.25) is 0 Å². The Morgan fingerprint density at radius 2 is 2.19 bits per heavy atom. The summed E-state index contributed by atoms with van der Waals surface area (Å²) in [6.45, 7) is 1.74. The zero-order chi connectivity index (χ0) is 12.2. The first-order chi connectivity index (χ1) is 7.42. The maximum Gasteiger partial charge on any atom is 0.442 e. The first-order valence-corrected chi connectivity index (χ1v) is 6.07. The summed E-state index contributed by atoms with van der Waals surface area (Å²) < 4.78 is 36.7. The number of hydrogen-bond donors (Lipinski definition) is 0. The van der Waals surface area contributed by atoms with Crippen molar-refractivity contribution in [1.29, 1.82) is 0 Å². The lowest BCUT2D eigenvalue weighted by Gasteiger charge is -2.16. The van der Waals surface area contributed by atoms with E-state index in [1.165, 1.54) is 0 Å². The molecule has 0 aliphatic carbocycles. The Bertz CT molecular complexity index is 338. The summed E-state index contributed by atoms with van der Waals surface area (Å²) in [5.74, 6) is 0. The number of rotatable bonds is 4. The van der Waals surface area contributed by atoms with Crippen LogP contribution in [0.3, 0.4) is 0 Å². The zero-order valence-corrected chi connectivity index (χ0v) is 10.2. The van der Waals surface area contributed by atoms with Crippen LogP contribution in [0.4, 0.5) is 13.2 Å². The minimum absolute atomic E-state index is 0.0329. The maximum atomic E-state index is 12.2. The van der Waals surface area contributed by atoms with Gasteiger partial charge in [-0.15, -0.1) is 0 Å². The van der Waals surface area contributed by atoms with Gasteiger partial charge in [0.05, 0.1) is 5.02 Å². The second-order valence-corrected chi connectivity index (χ2v) is 5.05. The average molecular weight is 268 g/mol. The van der Waals surface area contributed by atoms with Gasteiger partial charge in [0.25, 0.3) is 0 Å². The minimum Gasteiger partial charge on any atom is -0.160 e. The van der Waals surface area contributed by atoms with Crippen LogP contribution in [0.5, 0.6) is 0 Å². The molecule has 0 aliphatic heterocycles. The van der Waals surface area contributed by atoms with Gasteiger partial charge in [0.1, 0.15) is 0 Å². The van der Waals surface area contributed by atoms with Crippen molar-refractivity contribution in [1.82, 2.24) is 0 Å². The Kier molecular flexibility index (Phi) is 4.99. The van der Waals surface area contributed by atoms with Gasteiger partial charge in [-0.25, -0.2) is 0 Å². The van der Waals surface area contributed by atoms with E-state index in [0.717, 1.165) is 0 Å². The van der Waals surface area contributed by atoms with Crippen molar-refractivity contribution in [2.24, 2.45) is 0 Å². The van der Waals surface area contributed by atoms with E-state index in [4.69, 9.17) is 11.6 Å². The highest BCUT2D eigenvalue weighted by atomic mass is 35.5. The van der Waals surface area contributed by atoms with Crippen LogP contribution in [0.15, 0.2) is 18.2 Å². The number of hydrogen-bond acceptors (Lipinski definition) is 1. The average Bonchev–Trinajstić information content (AvgIpc) is 2.18. The molecule has 1 rings (SSSR count). The predicted molar refractivity (Wildman–Crippen MR) is 61.7 cm³/mol. The largest absolute Gasteiger partial charge is 0.442 e. The number of benzene rings is 1. The van der Waals surface area contributed by atoms with Gasteiger partial charge in [-0.2, -0.15) is 13.2 Å². The Labute approximate surface area is 102 Å². The van der Waals surface area contributed by atoms with Crippen molar-refractivity contribution in [3.05, 3.63) is 34.9 Å². The van der Waals surface area contributed by atoms with Crippen LogP contribution in [0.2, 0.25) is 5.02 Å². The minimum atomic E-state index is -4.19. The molecule has 0 spiro atoms. The fraction of sp³-hybridized carbons (Fsp3) is 0.455. The second kappa shape index (κ2) is 5.82. The number of halogens is 4. The van der Waals surface area contributed by atoms with E-state index in [-0.39, 0.29) is 11.8 Å². The van der Waals surface area contributed by atoms with Crippen LogP contribution in [0.25, 0.3) is 0 Å². The summed E-state index contributed by atoms with van der Waals surface area (Å²) in [6.07, 6.45) is 0.770. The molecule has 0 amide bonds. The highest BCUT2D eigenvalue weighted by Crippen LogP contribution is 2.37. The van der Waals surface area contributed by atoms with Gasteiger partial charge < -0.3 is 0 Å². The molecular weight excluding hydrogens is 257 g/mol. The Hall–Kier alpha value is -0.350. The van der Waals surface area contributed by atoms with E-state index in [1.807, 2.05) is 0 Å². The molecule has 0 nitrogen and oxygen atoms in total. The Balaban J connectivity index is 2.67. The smallest absolute Gasteiger partial charge is 0.160 e. The summed E-state index contributed by atoms with van der Waals surface area (Å²) >= 11 is 5.88. The first kappa shape index (κ1) is 13.7. The van der Waals surface area contributed by atoms with Gasteiger partial charge in [0.15, 0.2) is 0 Å². The predicted octanol–water partition coefficient (Wildman–Crippen LogP) is 4.71. The summed E-state index contributed by atoms with van der Waals surface area (Å²) in [4.78, 5) is 0. The lowest BCUT2D eigenvalue weighted by atomic mass is 10.1. The maximum absolute atomic E-state index is 12.2. The molecule has 0 bridgehead atoms. The molecule has 0 aromatic heterocycles. The highest BCUT2D eigenvalue weighted by Gasteiger charge is 2.32. The quantitative estimate of drug-likeness (QED) is 0.761. The molecule has 16 heavy (non-hydrogen) atoms. The molecule has 0 aliphatic rings. The summed E-state index contributed by atoms with van der Waals surface area (Å²) in [5.41, 5.74) is -3.47. The molecular formula is C11H11ClF3S. The van der Waals surface area contributed by atoms with Crippen molar-refractivity contribution in [2.45, 2.75) is 30.5 Å². The Morgan fingerprint density at radius 3 is 2.69 bits per heavy atom. The van der Waals surface area contributed by atoms with E-state index in [0.29, 0.717) is 23.4 Å². The van der Waals surface area contributed by atoms with E-state index in [1.54, 1.807) is 25.1 Å². The molecule has 1 atom stereocenters. The summed E-state index contributed by atoms with van der Waals surface area (Å²) in [7, 11) is 0. The van der Waals surface area contributed by atoms with Crippen molar-refractivity contribution < 1.29 is 13.2 Å². The molecule has 1 radical (unpaired) electrons. The normalized spacial score (nSPS) is 13.8. The van der Waals surface area contributed by atoms with E-state index >= 15 is 0 Å². The Morgan fingerprint density at radius 1 is 1.50 bits per heavy atom. The number of alkyl halides is 3. The van der Waals surface area contributed by atoms with Crippen LogP contribution in [0, 0.1) is 6.07 Å². The molecule has 0 fully saturated rings. The molecule has 1 aromatic rings. The van der Waals surface area contributed by atoms with Crippen molar-refractivity contribution >= 4 is 23.4 Å². The van der Waals surface area contributed by atoms with Gasteiger partial charge >= 0.3 is 5.51 Å². The molecule has 1 unspecified atom stereocenters. The third kappa shape index (κ3) is 4.66. The van der Waals surface area contributed by atoms with Crippen molar-refractivity contribution in [3.63, 3.8) is 0 Å². The van der Waals surface area contributed by atoms with E-state index < -0.39 is 10.8 Å². The van der Waals surface area contributed by atoms with Crippen LogP contribution in [0.1, 0.15) is 18.9 Å². The lowest BCUT2D eigenvalue weighted by molar-refractivity contribution is -0.0334. The van der Waals surface area contributed by atoms with Crippen LogP contribution in [-0.4, -0.2) is 10.8 Å². The third-order valence-corrected chi connectivity index (χ3v) is 3.54. The van der Waals surface area contributed by atoms with Crippen LogP contribution < -0.4 is 0 Å². The molecule has 0 heterocycles. The molecule has 0 N–H and O–H groups in total. The van der Waals surface area contributed by atoms with Gasteiger partial charge in [0, 0.05) is 11.3 Å². The van der Waals surface area contributed by atoms with Gasteiger partial charge in [0.2, 0.25) is 0 Å². The van der Waals surface area contributed by atoms with Gasteiger partial charge in [-0.05, 0) is 30.2 Å². The van der Waals surface area contributed by atoms with E-state index in [9.17, 15) is 13.2 Å². The fourth-order valence-corrected chi connectivity index (χ4v) is 2.32. The summed E-state index contributed by atoms with van der Waals surface area (Å²) in [5, 5.41) is -0.0861. The molecule has 89 valence electrons. The van der Waals surface area contributed by atoms with Gasteiger partial charge in [-0.1, -0.05) is 36.7 Å². The monoisotopic (exact) mass is 267 g/mol. The molecule has 0 saturated heterocycles. The summed E-state index contributed by atoms with van der Waals surface area (Å²) in [6, 6.07) is 7.87. The van der Waals surface area contributed by atoms with Crippen LogP contribution >= 0.6 is 23.4 Å². The van der Waals surface area contributed by atoms with E-state index in [2.05, 4.69) is 6.07 Å². The second-order valence-electron chi connectivity index (χ2n) is 3.31. The standard InChI is InChI=1S/C11H11ClF3S/c1-2-9(16-11(13,14)15)7-8-5-3-4-6-10(8)12/h3-5,9H,2,7H2,1H3. The lowest BCUT2D eigenvalue weighted by Crippen LogP contribution is -2.13. The first-order valence-electron chi connectivity index (χ1n) is 4.82. The molecule has 1 aromatic carbocycles. The van der Waals surface area contributed by atoms with Crippen molar-refractivity contribution in [3.8, 4) is 0 Å². The SMILES string of the molecule is CCC(Cc1ccc[c]c1Cl)SC(F)(F)F. The van der Waals surface area contributed by atoms with Crippen LogP contribution in [-0.2, 0) is 6.42 Å². The molecule has 0 saturated carbocycles. The topological polar surface area (TPSA) is 0 Å². The highest BCUT2D eigenvalue weighted by molar-refractivity contribution is 8.00. The van der Waals surface area contributed by atoms with Crippen molar-refractivity contribution in [2.75, 3.05) is 0 Å². The number of thioether (sulfide) groups is 1.